The summed E-state index contributed by atoms with van der Waals surface area (Å²) in [6.07, 6.45) is 5.22. The molecule has 21 heavy (non-hydrogen) atoms. The van der Waals surface area contributed by atoms with Crippen LogP contribution in [0.4, 0.5) is 4.79 Å². The van der Waals surface area contributed by atoms with Crippen molar-refractivity contribution in [2.24, 2.45) is 5.41 Å². The number of amides is 2. The average Bonchev–Trinajstić information content (AvgIpc) is 2.49. The van der Waals surface area contributed by atoms with Gasteiger partial charge >= 0.3 is 12.0 Å². The summed E-state index contributed by atoms with van der Waals surface area (Å²) in [5, 5.41) is 12.0. The summed E-state index contributed by atoms with van der Waals surface area (Å²) < 4.78 is 0. The molecule has 0 spiro atoms. The van der Waals surface area contributed by atoms with Gasteiger partial charge in [-0.2, -0.15) is 0 Å². The summed E-state index contributed by atoms with van der Waals surface area (Å²) in [4.78, 5) is 28.8. The van der Waals surface area contributed by atoms with E-state index >= 15 is 0 Å². The Balaban J connectivity index is 1.74. The van der Waals surface area contributed by atoms with E-state index in [-0.39, 0.29) is 6.03 Å². The van der Waals surface area contributed by atoms with E-state index in [0.29, 0.717) is 32.5 Å². The van der Waals surface area contributed by atoms with Crippen molar-refractivity contribution in [1.29, 1.82) is 0 Å². The van der Waals surface area contributed by atoms with E-state index in [1.54, 1.807) is 24.2 Å². The van der Waals surface area contributed by atoms with Crippen molar-refractivity contribution < 1.29 is 14.7 Å². The number of hydrogen-bond acceptors (Lipinski definition) is 3. The molecule has 1 saturated heterocycles. The number of aromatic nitrogens is 1. The van der Waals surface area contributed by atoms with Crippen LogP contribution in [0.5, 0.6) is 0 Å². The van der Waals surface area contributed by atoms with Gasteiger partial charge in [-0.15, -0.1) is 0 Å². The molecule has 0 aliphatic carbocycles. The van der Waals surface area contributed by atoms with Crippen molar-refractivity contribution in [2.75, 3.05) is 19.6 Å². The number of nitrogens with one attached hydrogen (secondary N) is 1. The fourth-order valence-electron chi connectivity index (χ4n) is 2.39. The molecular weight excluding hydrogens is 270 g/mol. The van der Waals surface area contributed by atoms with Crippen molar-refractivity contribution in [3.05, 3.63) is 30.1 Å². The van der Waals surface area contributed by atoms with Gasteiger partial charge in [0.1, 0.15) is 0 Å². The molecule has 0 radical (unpaired) electrons. The number of carbonyl (C=O) groups is 2. The first kappa shape index (κ1) is 15.3. The van der Waals surface area contributed by atoms with Crippen LogP contribution in [0.1, 0.15) is 25.3 Å². The smallest absolute Gasteiger partial charge is 0.317 e. The van der Waals surface area contributed by atoms with E-state index in [0.717, 1.165) is 12.0 Å². The largest absolute Gasteiger partial charge is 0.481 e. The molecule has 1 aliphatic rings. The number of piperidine rings is 1. The Morgan fingerprint density at radius 1 is 1.33 bits per heavy atom. The van der Waals surface area contributed by atoms with Crippen molar-refractivity contribution in [3.63, 3.8) is 0 Å². The van der Waals surface area contributed by atoms with Crippen LogP contribution in [0.15, 0.2) is 24.5 Å². The predicted octanol–water partition coefficient (Wildman–Crippen LogP) is 1.52. The number of pyridine rings is 1. The molecule has 0 atom stereocenters. The monoisotopic (exact) mass is 291 g/mol. The molecule has 2 rings (SSSR count). The number of carbonyl (C=O) groups excluding carboxylic acids is 1. The Labute approximate surface area is 124 Å². The first-order valence-corrected chi connectivity index (χ1v) is 7.16. The number of carboxylic acids is 1. The highest BCUT2D eigenvalue weighted by molar-refractivity contribution is 5.76. The summed E-state index contributed by atoms with van der Waals surface area (Å²) in [6.45, 7) is 3.29. The summed E-state index contributed by atoms with van der Waals surface area (Å²) >= 11 is 0. The quantitative estimate of drug-likeness (QED) is 0.881. The molecule has 0 aromatic carbocycles. The van der Waals surface area contributed by atoms with E-state index in [1.165, 1.54) is 0 Å². The van der Waals surface area contributed by atoms with Crippen molar-refractivity contribution in [2.45, 2.75) is 26.2 Å². The summed E-state index contributed by atoms with van der Waals surface area (Å²) in [6, 6.07) is 3.73. The molecule has 1 aromatic heterocycles. The van der Waals surface area contributed by atoms with Gasteiger partial charge < -0.3 is 15.3 Å². The number of rotatable bonds is 4. The van der Waals surface area contributed by atoms with E-state index in [2.05, 4.69) is 10.3 Å². The van der Waals surface area contributed by atoms with Crippen molar-refractivity contribution in [1.82, 2.24) is 15.2 Å². The van der Waals surface area contributed by atoms with Crippen LogP contribution in [0.25, 0.3) is 0 Å². The second-order valence-electron chi connectivity index (χ2n) is 5.69. The highest BCUT2D eigenvalue weighted by atomic mass is 16.4. The number of nitrogens with zero attached hydrogens (tertiary/aromatic N) is 2. The third-order valence-corrected chi connectivity index (χ3v) is 4.11. The van der Waals surface area contributed by atoms with E-state index < -0.39 is 11.4 Å². The molecule has 0 unspecified atom stereocenters. The molecule has 0 bridgehead atoms. The van der Waals surface area contributed by atoms with Gasteiger partial charge in [-0.1, -0.05) is 0 Å². The lowest BCUT2D eigenvalue weighted by molar-refractivity contribution is -0.150. The highest BCUT2D eigenvalue weighted by Crippen LogP contribution is 2.30. The molecule has 2 amide bonds. The Bertz CT molecular complexity index is 496. The molecule has 1 fully saturated rings. The maximum Gasteiger partial charge on any atom is 0.317 e. The summed E-state index contributed by atoms with van der Waals surface area (Å²) in [5.41, 5.74) is 0.427. The van der Waals surface area contributed by atoms with Crippen molar-refractivity contribution in [3.8, 4) is 0 Å². The predicted molar refractivity (Wildman–Crippen MR) is 77.9 cm³/mol. The second-order valence-corrected chi connectivity index (χ2v) is 5.69. The van der Waals surface area contributed by atoms with Crippen LogP contribution in [-0.2, 0) is 11.2 Å². The van der Waals surface area contributed by atoms with Gasteiger partial charge in [-0.05, 0) is 43.9 Å². The molecule has 6 nitrogen and oxygen atoms in total. The second kappa shape index (κ2) is 6.56. The lowest BCUT2D eigenvalue weighted by atomic mass is 9.80. The fraction of sp³-hybridized carbons (Fsp3) is 0.533. The molecule has 2 N–H and O–H groups in total. The zero-order valence-corrected chi connectivity index (χ0v) is 12.2. The van der Waals surface area contributed by atoms with E-state index in [1.807, 2.05) is 12.1 Å². The maximum atomic E-state index is 12.0. The van der Waals surface area contributed by atoms with Crippen LogP contribution < -0.4 is 5.32 Å². The first-order valence-electron chi connectivity index (χ1n) is 7.16. The number of aliphatic carboxylic acids is 1. The van der Waals surface area contributed by atoms with Crippen LogP contribution in [-0.4, -0.2) is 46.6 Å². The Morgan fingerprint density at radius 2 is 1.95 bits per heavy atom. The molecule has 114 valence electrons. The third-order valence-electron chi connectivity index (χ3n) is 4.11. The van der Waals surface area contributed by atoms with Gasteiger partial charge in [0.2, 0.25) is 0 Å². The van der Waals surface area contributed by atoms with Gasteiger partial charge in [0, 0.05) is 32.0 Å². The van der Waals surface area contributed by atoms with Gasteiger partial charge in [-0.3, -0.25) is 9.78 Å². The molecule has 2 heterocycles. The minimum absolute atomic E-state index is 0.114. The Hall–Kier alpha value is -2.11. The molecule has 6 heteroatoms. The minimum atomic E-state index is -0.778. The molecule has 0 saturated carbocycles. The minimum Gasteiger partial charge on any atom is -0.481 e. The average molecular weight is 291 g/mol. The topological polar surface area (TPSA) is 82.5 Å². The maximum absolute atomic E-state index is 12.0. The SMILES string of the molecule is CC1(C(=O)O)CCN(C(=O)NCCc2ccncc2)CC1. The van der Waals surface area contributed by atoms with Crippen molar-refractivity contribution >= 4 is 12.0 Å². The fourth-order valence-corrected chi connectivity index (χ4v) is 2.39. The van der Waals surface area contributed by atoms with E-state index in [4.69, 9.17) is 5.11 Å². The third kappa shape index (κ3) is 3.93. The Morgan fingerprint density at radius 3 is 2.52 bits per heavy atom. The van der Waals surface area contributed by atoms with Gasteiger partial charge in [0.15, 0.2) is 0 Å². The summed E-state index contributed by atoms with van der Waals surface area (Å²) in [5.74, 6) is -0.778. The normalized spacial score (nSPS) is 17.3. The van der Waals surface area contributed by atoms with Gasteiger partial charge in [0.25, 0.3) is 0 Å². The van der Waals surface area contributed by atoms with Gasteiger partial charge in [-0.25, -0.2) is 4.79 Å². The van der Waals surface area contributed by atoms with Crippen LogP contribution in [0.3, 0.4) is 0 Å². The number of carboxylic acid groups (broad SMARTS) is 1. The first-order chi connectivity index (χ1) is 10.0. The molecular formula is C15H21N3O3. The van der Waals surface area contributed by atoms with Crippen LogP contribution in [0.2, 0.25) is 0 Å². The molecule has 1 aromatic rings. The van der Waals surface area contributed by atoms with E-state index in [9.17, 15) is 9.59 Å². The molecule has 1 aliphatic heterocycles. The Kier molecular flexibility index (Phi) is 4.77. The van der Waals surface area contributed by atoms with Crippen LogP contribution >= 0.6 is 0 Å². The number of urea groups is 1. The van der Waals surface area contributed by atoms with Crippen LogP contribution in [0, 0.1) is 5.41 Å². The zero-order chi connectivity index (χ0) is 15.3. The highest BCUT2D eigenvalue weighted by Gasteiger charge is 2.37. The standard InChI is InChI=1S/C15H21N3O3/c1-15(13(19)20)5-10-18(11-6-15)14(21)17-9-4-12-2-7-16-8-3-12/h2-3,7-8H,4-6,9-11H2,1H3,(H,17,21)(H,19,20). The summed E-state index contributed by atoms with van der Waals surface area (Å²) in [7, 11) is 0. The number of likely N-dealkylation sites (tertiary alicyclic amines) is 1. The number of hydrogen-bond donors (Lipinski definition) is 2. The lowest BCUT2D eigenvalue weighted by Gasteiger charge is -2.36. The lowest BCUT2D eigenvalue weighted by Crippen LogP contribution is -2.49. The van der Waals surface area contributed by atoms with Gasteiger partial charge in [0.05, 0.1) is 5.41 Å². The zero-order valence-electron chi connectivity index (χ0n) is 12.2.